The van der Waals surface area contributed by atoms with Crippen LogP contribution in [0.15, 0.2) is 35.3 Å². The third-order valence-corrected chi connectivity index (χ3v) is 3.00. The lowest BCUT2D eigenvalue weighted by molar-refractivity contribution is 0.0695. The normalized spacial score (nSPS) is 11.2. The number of carboxylic acid groups (broad SMARTS) is 1. The number of fused-ring (bicyclic) bond motifs is 1. The number of hydrogen-bond donors (Lipinski definition) is 3. The van der Waals surface area contributed by atoms with Gasteiger partial charge < -0.3 is 10.1 Å². The second kappa shape index (κ2) is 5.75. The number of aromatic amines is 1. The molecule has 0 atom stereocenters. The van der Waals surface area contributed by atoms with Gasteiger partial charge in [-0.1, -0.05) is 18.2 Å². The van der Waals surface area contributed by atoms with Gasteiger partial charge in [-0.2, -0.15) is 12.6 Å². The minimum Gasteiger partial charge on any atom is -0.477 e. The molecule has 4 nitrogen and oxygen atoms in total. The van der Waals surface area contributed by atoms with E-state index >= 15 is 0 Å². The first-order chi connectivity index (χ1) is 9.13. The second-order valence-corrected chi connectivity index (χ2v) is 4.50. The number of H-pyrrole nitrogens is 1. The monoisotopic (exact) mass is 275 g/mol. The minimum atomic E-state index is -1.22. The molecule has 0 aliphatic rings. The van der Waals surface area contributed by atoms with Crippen molar-refractivity contribution in [3.05, 3.63) is 51.8 Å². The first kappa shape index (κ1) is 13.4. The van der Waals surface area contributed by atoms with E-state index in [0.717, 1.165) is 17.7 Å². The molecule has 5 heteroatoms. The van der Waals surface area contributed by atoms with E-state index in [2.05, 4.69) is 17.6 Å². The summed E-state index contributed by atoms with van der Waals surface area (Å²) in [7, 11) is 0. The zero-order chi connectivity index (χ0) is 13.8. The summed E-state index contributed by atoms with van der Waals surface area (Å²) in [5, 5.41) is 9.31. The Labute approximate surface area is 115 Å². The highest BCUT2D eigenvalue weighted by atomic mass is 32.1. The van der Waals surface area contributed by atoms with Crippen LogP contribution < -0.4 is 5.43 Å². The quantitative estimate of drug-likeness (QED) is 0.751. The van der Waals surface area contributed by atoms with Crippen molar-refractivity contribution >= 4 is 35.6 Å². The van der Waals surface area contributed by atoms with Crippen LogP contribution in [0.2, 0.25) is 0 Å². The van der Waals surface area contributed by atoms with Crippen LogP contribution in [0.25, 0.3) is 17.0 Å². The van der Waals surface area contributed by atoms with Crippen LogP contribution in [0, 0.1) is 0 Å². The Morgan fingerprint density at radius 3 is 2.89 bits per heavy atom. The van der Waals surface area contributed by atoms with Crippen molar-refractivity contribution in [1.29, 1.82) is 0 Å². The Morgan fingerprint density at radius 2 is 2.21 bits per heavy atom. The van der Waals surface area contributed by atoms with E-state index in [1.807, 2.05) is 18.2 Å². The molecule has 0 spiro atoms. The fourth-order valence-corrected chi connectivity index (χ4v) is 1.94. The fraction of sp³-hybridized carbons (Fsp3) is 0.143. The predicted octanol–water partition coefficient (Wildman–Crippen LogP) is 2.56. The van der Waals surface area contributed by atoms with E-state index in [1.165, 1.54) is 6.20 Å². The number of aromatic nitrogens is 1. The summed E-state index contributed by atoms with van der Waals surface area (Å²) in [6.07, 6.45) is 5.92. The first-order valence-electron chi connectivity index (χ1n) is 5.79. The molecule has 2 rings (SSSR count). The maximum atomic E-state index is 12.0. The van der Waals surface area contributed by atoms with Gasteiger partial charge in [-0.3, -0.25) is 4.79 Å². The summed E-state index contributed by atoms with van der Waals surface area (Å²) < 4.78 is 0. The van der Waals surface area contributed by atoms with Crippen molar-refractivity contribution in [3.8, 4) is 0 Å². The molecule has 0 aliphatic heterocycles. The van der Waals surface area contributed by atoms with Crippen LogP contribution >= 0.6 is 12.6 Å². The predicted molar refractivity (Wildman–Crippen MR) is 79.0 cm³/mol. The van der Waals surface area contributed by atoms with Crippen LogP contribution in [0.5, 0.6) is 0 Å². The molecule has 0 saturated heterocycles. The van der Waals surface area contributed by atoms with E-state index in [9.17, 15) is 9.59 Å². The number of hydrogen-bond acceptors (Lipinski definition) is 3. The Morgan fingerprint density at radius 1 is 1.42 bits per heavy atom. The maximum Gasteiger partial charge on any atom is 0.341 e. The molecule has 0 aliphatic carbocycles. The van der Waals surface area contributed by atoms with Crippen LogP contribution in [-0.4, -0.2) is 21.8 Å². The molecule has 98 valence electrons. The van der Waals surface area contributed by atoms with Crippen molar-refractivity contribution < 1.29 is 9.90 Å². The van der Waals surface area contributed by atoms with Crippen molar-refractivity contribution in [2.45, 2.75) is 6.42 Å². The van der Waals surface area contributed by atoms with E-state index in [-0.39, 0.29) is 5.56 Å². The van der Waals surface area contributed by atoms with E-state index < -0.39 is 11.4 Å². The molecule has 0 fully saturated rings. The summed E-state index contributed by atoms with van der Waals surface area (Å²) in [5.74, 6) is -0.465. The van der Waals surface area contributed by atoms with Gasteiger partial charge in [-0.25, -0.2) is 4.79 Å². The number of allylic oxidation sites excluding steroid dienone is 1. The van der Waals surface area contributed by atoms with Crippen molar-refractivity contribution in [2.75, 3.05) is 5.75 Å². The molecule has 0 unspecified atom stereocenters. The smallest absolute Gasteiger partial charge is 0.341 e. The molecule has 1 heterocycles. The number of rotatable bonds is 4. The van der Waals surface area contributed by atoms with Gasteiger partial charge >= 0.3 is 5.97 Å². The number of benzene rings is 1. The van der Waals surface area contributed by atoms with Crippen LogP contribution in [0.4, 0.5) is 0 Å². The first-order valence-corrected chi connectivity index (χ1v) is 6.43. The van der Waals surface area contributed by atoms with Gasteiger partial charge in [0.05, 0.1) is 0 Å². The zero-order valence-corrected chi connectivity index (χ0v) is 11.0. The van der Waals surface area contributed by atoms with Gasteiger partial charge in [0.1, 0.15) is 5.56 Å². The molecule has 0 radical (unpaired) electrons. The number of nitrogens with one attached hydrogen (secondary N) is 1. The van der Waals surface area contributed by atoms with Crippen LogP contribution in [0.1, 0.15) is 22.3 Å². The Hall–Kier alpha value is -2.01. The Kier molecular flexibility index (Phi) is 4.06. The lowest BCUT2D eigenvalue weighted by atomic mass is 10.1. The number of pyridine rings is 1. The molecule has 2 aromatic rings. The van der Waals surface area contributed by atoms with Gasteiger partial charge in [0.25, 0.3) is 0 Å². The number of aromatic carboxylic acids is 1. The largest absolute Gasteiger partial charge is 0.477 e. The van der Waals surface area contributed by atoms with Crippen molar-refractivity contribution in [2.24, 2.45) is 0 Å². The highest BCUT2D eigenvalue weighted by molar-refractivity contribution is 7.80. The lowest BCUT2D eigenvalue weighted by Gasteiger charge is -2.01. The molecular formula is C14H13NO3S. The van der Waals surface area contributed by atoms with Crippen molar-refractivity contribution in [3.63, 3.8) is 0 Å². The lowest BCUT2D eigenvalue weighted by Crippen LogP contribution is -2.15. The number of carbonyl (C=O) groups is 1. The van der Waals surface area contributed by atoms with Gasteiger partial charge in [0.15, 0.2) is 0 Å². The third kappa shape index (κ3) is 2.88. The summed E-state index contributed by atoms with van der Waals surface area (Å²) in [6, 6.07) is 5.33. The standard InChI is InChI=1S/C14H13NO3S/c16-13-10-7-9(3-1-2-6-19)4-5-12(10)15-8-11(13)14(17)18/h1,3-5,7-8,19H,2,6H2,(H,15,16)(H,17,18). The SMILES string of the molecule is O=C(O)c1c[nH]c2ccc(C=CCCS)cc2c1=O. The molecular weight excluding hydrogens is 262 g/mol. The summed E-state index contributed by atoms with van der Waals surface area (Å²) in [4.78, 5) is 25.8. The molecule has 19 heavy (non-hydrogen) atoms. The molecule has 2 N–H and O–H groups in total. The average Bonchev–Trinajstić information content (AvgIpc) is 2.39. The van der Waals surface area contributed by atoms with Gasteiger partial charge in [0, 0.05) is 17.1 Å². The summed E-state index contributed by atoms with van der Waals surface area (Å²) in [6.45, 7) is 0. The molecule has 0 bridgehead atoms. The molecule has 1 aromatic carbocycles. The topological polar surface area (TPSA) is 70.2 Å². The van der Waals surface area contributed by atoms with E-state index in [4.69, 9.17) is 5.11 Å². The van der Waals surface area contributed by atoms with Gasteiger partial charge in [0.2, 0.25) is 5.43 Å². The van der Waals surface area contributed by atoms with E-state index in [0.29, 0.717) is 10.9 Å². The minimum absolute atomic E-state index is 0.246. The Bertz CT molecular complexity index is 703. The van der Waals surface area contributed by atoms with E-state index in [1.54, 1.807) is 12.1 Å². The van der Waals surface area contributed by atoms with Crippen LogP contribution in [-0.2, 0) is 0 Å². The Balaban J connectivity index is 2.54. The average molecular weight is 275 g/mol. The van der Waals surface area contributed by atoms with Gasteiger partial charge in [-0.05, 0) is 29.9 Å². The molecule has 0 saturated carbocycles. The second-order valence-electron chi connectivity index (χ2n) is 4.06. The van der Waals surface area contributed by atoms with Crippen molar-refractivity contribution in [1.82, 2.24) is 4.98 Å². The maximum absolute atomic E-state index is 12.0. The van der Waals surface area contributed by atoms with Crippen LogP contribution in [0.3, 0.4) is 0 Å². The fourth-order valence-electron chi connectivity index (χ4n) is 1.79. The summed E-state index contributed by atoms with van der Waals surface area (Å²) >= 11 is 4.11. The summed E-state index contributed by atoms with van der Waals surface area (Å²) in [5.41, 5.74) is 0.776. The molecule has 1 aromatic heterocycles. The van der Waals surface area contributed by atoms with Gasteiger partial charge in [-0.15, -0.1) is 0 Å². The number of carboxylic acids is 1. The highest BCUT2D eigenvalue weighted by Gasteiger charge is 2.11. The highest BCUT2D eigenvalue weighted by Crippen LogP contribution is 2.13. The third-order valence-electron chi connectivity index (χ3n) is 2.74. The zero-order valence-electron chi connectivity index (χ0n) is 10.1. The number of thiol groups is 1. The molecule has 0 amide bonds.